The summed E-state index contributed by atoms with van der Waals surface area (Å²) in [5.74, 6) is -1.74. The molecule has 0 unspecified atom stereocenters. The Bertz CT molecular complexity index is 700. The van der Waals surface area contributed by atoms with Gasteiger partial charge in [-0.2, -0.15) is 0 Å². The lowest BCUT2D eigenvalue weighted by molar-refractivity contribution is -0.141. The van der Waals surface area contributed by atoms with Gasteiger partial charge in [0.1, 0.15) is 0 Å². The normalized spacial score (nSPS) is 20.5. The van der Waals surface area contributed by atoms with E-state index in [1.807, 2.05) is 0 Å². The smallest absolute Gasteiger partial charge is 0.306 e. The van der Waals surface area contributed by atoms with Crippen LogP contribution in [-0.2, 0) is 19.6 Å². The molecule has 0 aliphatic heterocycles. The fourth-order valence-corrected chi connectivity index (χ4v) is 3.94. The standard InChI is InChI=1S/C16H22N2O5S/c1-2-9-24(22,23)18-14-7-5-13(6-8-14)17-15(19)11-3-4-12(10-11)16(20)21/h5-8,11-12,18H,2-4,9-10H2,1H3,(H,17,19)(H,20,21)/t11-,12+/m1/s1. The number of aliphatic carboxylic acids is 1. The Hall–Kier alpha value is -2.09. The van der Waals surface area contributed by atoms with Gasteiger partial charge < -0.3 is 10.4 Å². The van der Waals surface area contributed by atoms with E-state index in [9.17, 15) is 18.0 Å². The van der Waals surface area contributed by atoms with Gasteiger partial charge in [0.2, 0.25) is 15.9 Å². The first-order valence-corrected chi connectivity index (χ1v) is 9.60. The van der Waals surface area contributed by atoms with Gasteiger partial charge in [-0.15, -0.1) is 0 Å². The maximum absolute atomic E-state index is 12.2. The first kappa shape index (κ1) is 18.3. The molecule has 0 aromatic heterocycles. The number of rotatable bonds is 7. The number of anilines is 2. The van der Waals surface area contributed by atoms with Gasteiger partial charge in [0.05, 0.1) is 11.7 Å². The highest BCUT2D eigenvalue weighted by molar-refractivity contribution is 7.92. The number of hydrogen-bond acceptors (Lipinski definition) is 4. The maximum Gasteiger partial charge on any atom is 0.306 e. The number of carboxylic acid groups (broad SMARTS) is 1. The number of sulfonamides is 1. The van der Waals surface area contributed by atoms with Gasteiger partial charge in [-0.05, 0) is 49.9 Å². The zero-order valence-electron chi connectivity index (χ0n) is 13.5. The Morgan fingerprint density at radius 2 is 1.71 bits per heavy atom. The predicted molar refractivity (Wildman–Crippen MR) is 91.2 cm³/mol. The summed E-state index contributed by atoms with van der Waals surface area (Å²) in [5, 5.41) is 11.7. The molecule has 1 aromatic carbocycles. The van der Waals surface area contributed by atoms with Gasteiger partial charge in [0.25, 0.3) is 0 Å². The van der Waals surface area contributed by atoms with Crippen molar-refractivity contribution in [2.45, 2.75) is 32.6 Å². The van der Waals surface area contributed by atoms with Crippen LogP contribution in [0.5, 0.6) is 0 Å². The summed E-state index contributed by atoms with van der Waals surface area (Å²) < 4.78 is 25.9. The highest BCUT2D eigenvalue weighted by atomic mass is 32.2. The average Bonchev–Trinajstić information content (AvgIpc) is 2.99. The molecule has 3 N–H and O–H groups in total. The van der Waals surface area contributed by atoms with E-state index in [0.717, 1.165) is 0 Å². The SMILES string of the molecule is CCCS(=O)(=O)Nc1ccc(NC(=O)[C@@H]2CC[C@H](C(=O)O)C2)cc1. The third kappa shape index (κ3) is 4.95. The second kappa shape index (κ2) is 7.65. The van der Waals surface area contributed by atoms with Crippen LogP contribution in [0.3, 0.4) is 0 Å². The molecule has 0 radical (unpaired) electrons. The molecule has 2 atom stereocenters. The summed E-state index contributed by atoms with van der Waals surface area (Å²) in [6.07, 6.45) is 1.97. The molecule has 1 amide bonds. The maximum atomic E-state index is 12.2. The Morgan fingerprint density at radius 1 is 1.12 bits per heavy atom. The first-order chi connectivity index (χ1) is 11.3. The minimum Gasteiger partial charge on any atom is -0.481 e. The van der Waals surface area contributed by atoms with Crippen LogP contribution in [-0.4, -0.2) is 31.2 Å². The van der Waals surface area contributed by atoms with Crippen LogP contribution >= 0.6 is 0 Å². The topological polar surface area (TPSA) is 113 Å². The predicted octanol–water partition coefficient (Wildman–Crippen LogP) is 2.28. The summed E-state index contributed by atoms with van der Waals surface area (Å²) in [5.41, 5.74) is 0.991. The van der Waals surface area contributed by atoms with E-state index in [4.69, 9.17) is 5.11 Å². The van der Waals surface area contributed by atoms with Crippen LogP contribution in [0.2, 0.25) is 0 Å². The van der Waals surface area contributed by atoms with Gasteiger partial charge in [0.15, 0.2) is 0 Å². The number of benzene rings is 1. The van der Waals surface area contributed by atoms with Crippen LogP contribution in [0.25, 0.3) is 0 Å². The zero-order chi connectivity index (χ0) is 17.7. The van der Waals surface area contributed by atoms with Crippen LogP contribution in [0.1, 0.15) is 32.6 Å². The van der Waals surface area contributed by atoms with Crippen molar-refractivity contribution in [2.24, 2.45) is 11.8 Å². The summed E-state index contributed by atoms with van der Waals surface area (Å²) >= 11 is 0. The Kier molecular flexibility index (Phi) is 5.82. The number of amides is 1. The van der Waals surface area contributed by atoms with Crippen molar-refractivity contribution in [3.63, 3.8) is 0 Å². The molecule has 0 saturated heterocycles. The van der Waals surface area contributed by atoms with E-state index in [-0.39, 0.29) is 17.6 Å². The third-order valence-electron chi connectivity index (χ3n) is 4.05. The van der Waals surface area contributed by atoms with E-state index in [1.165, 1.54) is 0 Å². The van der Waals surface area contributed by atoms with Gasteiger partial charge in [0, 0.05) is 17.3 Å². The zero-order valence-corrected chi connectivity index (χ0v) is 14.3. The molecule has 0 heterocycles. The van der Waals surface area contributed by atoms with Crippen LogP contribution in [0.15, 0.2) is 24.3 Å². The van der Waals surface area contributed by atoms with Crippen molar-refractivity contribution in [1.29, 1.82) is 0 Å². The second-order valence-corrected chi connectivity index (χ2v) is 7.87. The highest BCUT2D eigenvalue weighted by Crippen LogP contribution is 2.32. The molecule has 1 saturated carbocycles. The van der Waals surface area contributed by atoms with Crippen molar-refractivity contribution in [3.8, 4) is 0 Å². The summed E-state index contributed by atoms with van der Waals surface area (Å²) in [4.78, 5) is 23.1. The molecular weight excluding hydrogens is 332 g/mol. The van der Waals surface area contributed by atoms with Crippen LogP contribution < -0.4 is 10.0 Å². The lowest BCUT2D eigenvalue weighted by Crippen LogP contribution is -2.21. The number of hydrogen-bond donors (Lipinski definition) is 3. The summed E-state index contributed by atoms with van der Waals surface area (Å²) in [6, 6.07) is 6.39. The molecule has 8 heteroatoms. The highest BCUT2D eigenvalue weighted by Gasteiger charge is 2.33. The van der Waals surface area contributed by atoms with Gasteiger partial charge >= 0.3 is 5.97 Å². The molecule has 132 valence electrons. The second-order valence-electron chi connectivity index (χ2n) is 6.03. The van der Waals surface area contributed by atoms with E-state index < -0.39 is 21.9 Å². The molecule has 2 rings (SSSR count). The Morgan fingerprint density at radius 3 is 2.25 bits per heavy atom. The molecule has 1 aliphatic rings. The fraction of sp³-hybridized carbons (Fsp3) is 0.500. The van der Waals surface area contributed by atoms with Crippen LogP contribution in [0, 0.1) is 11.8 Å². The molecule has 1 fully saturated rings. The number of carbonyl (C=O) groups is 2. The molecule has 1 aromatic rings. The van der Waals surface area contributed by atoms with Crippen molar-refractivity contribution in [2.75, 3.05) is 15.8 Å². The van der Waals surface area contributed by atoms with E-state index in [1.54, 1.807) is 31.2 Å². The minimum atomic E-state index is -3.34. The molecule has 24 heavy (non-hydrogen) atoms. The van der Waals surface area contributed by atoms with Gasteiger partial charge in [-0.1, -0.05) is 6.92 Å². The Balaban J connectivity index is 1.92. The number of nitrogens with one attached hydrogen (secondary N) is 2. The monoisotopic (exact) mass is 354 g/mol. The fourth-order valence-electron chi connectivity index (χ4n) is 2.81. The first-order valence-electron chi connectivity index (χ1n) is 7.95. The van der Waals surface area contributed by atoms with E-state index >= 15 is 0 Å². The van der Waals surface area contributed by atoms with Crippen LogP contribution in [0.4, 0.5) is 11.4 Å². The quantitative estimate of drug-likeness (QED) is 0.695. The minimum absolute atomic E-state index is 0.0535. The van der Waals surface area contributed by atoms with E-state index in [2.05, 4.69) is 10.0 Å². The largest absolute Gasteiger partial charge is 0.481 e. The van der Waals surface area contributed by atoms with Crippen molar-refractivity contribution < 1.29 is 23.1 Å². The number of carbonyl (C=O) groups excluding carboxylic acids is 1. The molecule has 1 aliphatic carbocycles. The summed E-state index contributed by atoms with van der Waals surface area (Å²) in [7, 11) is -3.34. The van der Waals surface area contributed by atoms with Gasteiger partial charge in [-0.3, -0.25) is 14.3 Å². The molecule has 0 bridgehead atoms. The van der Waals surface area contributed by atoms with Crippen molar-refractivity contribution in [1.82, 2.24) is 0 Å². The van der Waals surface area contributed by atoms with E-state index in [0.29, 0.717) is 37.1 Å². The third-order valence-corrected chi connectivity index (χ3v) is 5.54. The van der Waals surface area contributed by atoms with Crippen molar-refractivity contribution >= 4 is 33.3 Å². The Labute approximate surface area is 141 Å². The molecule has 7 nitrogen and oxygen atoms in total. The summed E-state index contributed by atoms with van der Waals surface area (Å²) in [6.45, 7) is 1.79. The average molecular weight is 354 g/mol. The van der Waals surface area contributed by atoms with Gasteiger partial charge in [-0.25, -0.2) is 8.42 Å². The molecule has 0 spiro atoms. The lowest BCUT2D eigenvalue weighted by Gasteiger charge is -2.12. The van der Waals surface area contributed by atoms with Crippen molar-refractivity contribution in [3.05, 3.63) is 24.3 Å². The number of carboxylic acids is 1. The lowest BCUT2D eigenvalue weighted by atomic mass is 10.0. The molecular formula is C16H22N2O5S.